The quantitative estimate of drug-likeness (QED) is 0.845. The maximum Gasteiger partial charge on any atom is 0.266 e. The zero-order chi connectivity index (χ0) is 17.7. The molecule has 0 aliphatic carbocycles. The number of carbonyl (C=O) groups is 1. The molecule has 0 aliphatic rings. The lowest BCUT2D eigenvalue weighted by Crippen LogP contribution is -2.47. The number of hydrogen-bond donors (Lipinski definition) is 0. The van der Waals surface area contributed by atoms with Gasteiger partial charge in [0.25, 0.3) is 5.91 Å². The fraction of sp³-hybridized carbons (Fsp3) is 0.263. The third kappa shape index (κ3) is 4.32. The van der Waals surface area contributed by atoms with Crippen molar-refractivity contribution in [3.63, 3.8) is 0 Å². The Kier molecular flexibility index (Phi) is 5.20. The Morgan fingerprint density at radius 3 is 2.54 bits per heavy atom. The Bertz CT molecular complexity index is 764. The van der Waals surface area contributed by atoms with Crippen LogP contribution in [0.25, 0.3) is 0 Å². The SMILES string of the molecule is CN(Cc1cccc(C#N)c1)C(=O)C(C)(C)Oc1ccc(F)cc1. The van der Waals surface area contributed by atoms with Crippen molar-refractivity contribution in [3.05, 3.63) is 65.5 Å². The molecule has 24 heavy (non-hydrogen) atoms. The van der Waals surface area contributed by atoms with E-state index in [1.54, 1.807) is 44.0 Å². The van der Waals surface area contributed by atoms with Crippen molar-refractivity contribution in [1.29, 1.82) is 5.26 Å². The van der Waals surface area contributed by atoms with Gasteiger partial charge >= 0.3 is 0 Å². The van der Waals surface area contributed by atoms with Crippen LogP contribution in [0.4, 0.5) is 4.39 Å². The smallest absolute Gasteiger partial charge is 0.266 e. The first-order valence-electron chi connectivity index (χ1n) is 7.51. The number of nitriles is 1. The highest BCUT2D eigenvalue weighted by molar-refractivity contribution is 5.84. The number of carbonyl (C=O) groups excluding carboxylic acids is 1. The molecule has 1 amide bonds. The highest BCUT2D eigenvalue weighted by atomic mass is 19.1. The standard InChI is InChI=1S/C19H19FN2O2/c1-19(2,24-17-9-7-16(20)8-10-17)18(23)22(3)13-15-6-4-5-14(11-15)12-21/h4-11H,13H2,1-3H3. The summed E-state index contributed by atoms with van der Waals surface area (Å²) in [7, 11) is 1.68. The summed E-state index contributed by atoms with van der Waals surface area (Å²) in [6.45, 7) is 3.70. The topological polar surface area (TPSA) is 53.3 Å². The molecule has 0 fully saturated rings. The molecular weight excluding hydrogens is 307 g/mol. The third-order valence-electron chi connectivity index (χ3n) is 3.52. The van der Waals surface area contributed by atoms with Gasteiger partial charge in [-0.05, 0) is 55.8 Å². The van der Waals surface area contributed by atoms with Crippen LogP contribution in [-0.4, -0.2) is 23.5 Å². The van der Waals surface area contributed by atoms with E-state index in [-0.39, 0.29) is 11.7 Å². The summed E-state index contributed by atoms with van der Waals surface area (Å²) in [6.07, 6.45) is 0. The summed E-state index contributed by atoms with van der Waals surface area (Å²) < 4.78 is 18.7. The maximum absolute atomic E-state index is 13.0. The van der Waals surface area contributed by atoms with Gasteiger partial charge in [0.15, 0.2) is 5.60 Å². The van der Waals surface area contributed by atoms with Gasteiger partial charge in [0.1, 0.15) is 11.6 Å². The Hall–Kier alpha value is -2.87. The molecule has 0 saturated carbocycles. The number of rotatable bonds is 5. The van der Waals surface area contributed by atoms with Crippen LogP contribution in [0, 0.1) is 17.1 Å². The second-order valence-corrected chi connectivity index (χ2v) is 6.04. The van der Waals surface area contributed by atoms with Gasteiger partial charge in [-0.15, -0.1) is 0 Å². The molecule has 0 unspecified atom stereocenters. The zero-order valence-electron chi connectivity index (χ0n) is 13.9. The van der Waals surface area contributed by atoms with Gasteiger partial charge in [-0.3, -0.25) is 4.79 Å². The molecule has 2 aromatic carbocycles. The second kappa shape index (κ2) is 7.14. The Labute approximate surface area is 141 Å². The van der Waals surface area contributed by atoms with Crippen molar-refractivity contribution in [2.24, 2.45) is 0 Å². The number of benzene rings is 2. The molecule has 124 valence electrons. The third-order valence-corrected chi connectivity index (χ3v) is 3.52. The molecular formula is C19H19FN2O2. The summed E-state index contributed by atoms with van der Waals surface area (Å²) in [5.41, 5.74) is 0.317. The lowest BCUT2D eigenvalue weighted by molar-refractivity contribution is -0.144. The minimum Gasteiger partial charge on any atom is -0.478 e. The van der Waals surface area contributed by atoms with Crippen LogP contribution < -0.4 is 4.74 Å². The average molecular weight is 326 g/mol. The molecule has 0 N–H and O–H groups in total. The number of halogens is 1. The van der Waals surface area contributed by atoms with Crippen molar-refractivity contribution >= 4 is 5.91 Å². The largest absolute Gasteiger partial charge is 0.478 e. The number of ether oxygens (including phenoxy) is 1. The van der Waals surface area contributed by atoms with Gasteiger partial charge in [-0.25, -0.2) is 4.39 Å². The van der Waals surface area contributed by atoms with Crippen LogP contribution in [-0.2, 0) is 11.3 Å². The summed E-state index contributed by atoms with van der Waals surface area (Å²) in [5.74, 6) is -0.148. The predicted octanol–water partition coefficient (Wildman–Crippen LogP) is 3.51. The fourth-order valence-corrected chi connectivity index (χ4v) is 2.39. The van der Waals surface area contributed by atoms with Gasteiger partial charge in [0.05, 0.1) is 11.6 Å². The van der Waals surface area contributed by atoms with Crippen LogP contribution in [0.15, 0.2) is 48.5 Å². The Balaban J connectivity index is 2.07. The average Bonchev–Trinajstić information content (AvgIpc) is 2.56. The van der Waals surface area contributed by atoms with E-state index in [1.165, 1.54) is 24.3 Å². The van der Waals surface area contributed by atoms with Gasteiger partial charge in [0.2, 0.25) is 0 Å². The maximum atomic E-state index is 13.0. The first-order valence-corrected chi connectivity index (χ1v) is 7.51. The Morgan fingerprint density at radius 2 is 1.92 bits per heavy atom. The van der Waals surface area contributed by atoms with Crippen molar-refractivity contribution in [3.8, 4) is 11.8 Å². The van der Waals surface area contributed by atoms with Crippen LogP contribution in [0.2, 0.25) is 0 Å². The van der Waals surface area contributed by atoms with Crippen LogP contribution in [0.3, 0.4) is 0 Å². The molecule has 5 heteroatoms. The van der Waals surface area contributed by atoms with Crippen molar-refractivity contribution in [1.82, 2.24) is 4.90 Å². The molecule has 4 nitrogen and oxygen atoms in total. The van der Waals surface area contributed by atoms with E-state index < -0.39 is 5.60 Å². The van der Waals surface area contributed by atoms with E-state index in [2.05, 4.69) is 6.07 Å². The van der Waals surface area contributed by atoms with Crippen LogP contribution in [0.5, 0.6) is 5.75 Å². The Morgan fingerprint density at radius 1 is 1.25 bits per heavy atom. The van der Waals surface area contributed by atoms with Gasteiger partial charge in [0, 0.05) is 13.6 Å². The van der Waals surface area contributed by atoms with Gasteiger partial charge in [-0.1, -0.05) is 12.1 Å². The second-order valence-electron chi connectivity index (χ2n) is 6.04. The van der Waals surface area contributed by atoms with E-state index in [0.29, 0.717) is 17.9 Å². The van der Waals surface area contributed by atoms with Gasteiger partial charge < -0.3 is 9.64 Å². The molecule has 0 atom stereocenters. The molecule has 0 radical (unpaired) electrons. The van der Waals surface area contributed by atoms with E-state index in [0.717, 1.165) is 5.56 Å². The highest BCUT2D eigenvalue weighted by Gasteiger charge is 2.32. The molecule has 0 saturated heterocycles. The predicted molar refractivity (Wildman–Crippen MR) is 88.7 cm³/mol. The molecule has 0 bridgehead atoms. The summed E-state index contributed by atoms with van der Waals surface area (Å²) in [5, 5.41) is 8.94. The normalized spacial score (nSPS) is 10.8. The minimum absolute atomic E-state index is 0.214. The summed E-state index contributed by atoms with van der Waals surface area (Å²) >= 11 is 0. The lowest BCUT2D eigenvalue weighted by Gasteiger charge is -2.30. The van der Waals surface area contributed by atoms with Crippen LogP contribution >= 0.6 is 0 Å². The molecule has 2 aromatic rings. The van der Waals surface area contributed by atoms with Crippen molar-refractivity contribution < 1.29 is 13.9 Å². The first kappa shape index (κ1) is 17.5. The van der Waals surface area contributed by atoms with E-state index in [9.17, 15) is 9.18 Å². The van der Waals surface area contributed by atoms with Crippen LogP contribution in [0.1, 0.15) is 25.0 Å². The minimum atomic E-state index is -1.10. The van der Waals surface area contributed by atoms with Crippen molar-refractivity contribution in [2.45, 2.75) is 26.0 Å². The number of nitrogens with zero attached hydrogens (tertiary/aromatic N) is 2. The first-order chi connectivity index (χ1) is 11.3. The van der Waals surface area contributed by atoms with E-state index in [4.69, 9.17) is 10.00 Å². The van der Waals surface area contributed by atoms with Gasteiger partial charge in [-0.2, -0.15) is 5.26 Å². The van der Waals surface area contributed by atoms with E-state index >= 15 is 0 Å². The summed E-state index contributed by atoms with van der Waals surface area (Å²) in [4.78, 5) is 14.2. The molecule has 2 rings (SSSR count). The number of amides is 1. The molecule has 0 aliphatic heterocycles. The summed E-state index contributed by atoms with van der Waals surface area (Å²) in [6, 6.07) is 14.7. The number of hydrogen-bond acceptors (Lipinski definition) is 3. The monoisotopic (exact) mass is 326 g/mol. The number of likely N-dealkylation sites (N-methyl/N-ethyl adjacent to an activating group) is 1. The molecule has 0 spiro atoms. The molecule has 0 aromatic heterocycles. The zero-order valence-corrected chi connectivity index (χ0v) is 13.9. The molecule has 0 heterocycles. The fourth-order valence-electron chi connectivity index (χ4n) is 2.39. The highest BCUT2D eigenvalue weighted by Crippen LogP contribution is 2.21. The van der Waals surface area contributed by atoms with E-state index in [1.807, 2.05) is 6.07 Å². The lowest BCUT2D eigenvalue weighted by atomic mass is 10.1. The van der Waals surface area contributed by atoms with Crippen molar-refractivity contribution in [2.75, 3.05) is 7.05 Å².